The van der Waals surface area contributed by atoms with E-state index in [9.17, 15) is 15.0 Å². The first-order chi connectivity index (χ1) is 13.8. The van der Waals surface area contributed by atoms with Crippen molar-refractivity contribution in [2.24, 2.45) is 28.6 Å². The first-order valence-corrected chi connectivity index (χ1v) is 11.1. The first-order valence-electron chi connectivity index (χ1n) is 11.1. The second kappa shape index (κ2) is 6.53. The molecule has 0 aliphatic heterocycles. The lowest BCUT2D eigenvalue weighted by Crippen LogP contribution is -2.49. The summed E-state index contributed by atoms with van der Waals surface area (Å²) < 4.78 is 0. The minimum absolute atomic E-state index is 0.103. The van der Waals surface area contributed by atoms with Crippen molar-refractivity contribution in [1.82, 2.24) is 4.98 Å². The van der Waals surface area contributed by atoms with E-state index in [1.807, 2.05) is 18.3 Å². The average molecular weight is 394 g/mol. The van der Waals surface area contributed by atoms with Gasteiger partial charge in [-0.2, -0.15) is 0 Å². The van der Waals surface area contributed by atoms with Gasteiger partial charge in [0.25, 0.3) is 0 Å². The second-order valence-electron chi connectivity index (χ2n) is 10.2. The number of carbonyl (C=O) groups is 1. The summed E-state index contributed by atoms with van der Waals surface area (Å²) in [6, 6.07) is 3.93. The zero-order valence-electron chi connectivity index (χ0n) is 17.4. The van der Waals surface area contributed by atoms with Crippen molar-refractivity contribution in [3.05, 3.63) is 47.3 Å². The van der Waals surface area contributed by atoms with Gasteiger partial charge in [0.15, 0.2) is 0 Å². The number of aliphatic hydroxyl groups is 1. The van der Waals surface area contributed by atoms with E-state index in [4.69, 9.17) is 0 Å². The fourth-order valence-corrected chi connectivity index (χ4v) is 7.52. The second-order valence-corrected chi connectivity index (χ2v) is 10.2. The van der Waals surface area contributed by atoms with Crippen LogP contribution >= 0.6 is 0 Å². The molecule has 4 aliphatic rings. The average Bonchev–Trinajstić information content (AvgIpc) is 3.03. The molecule has 2 saturated carbocycles. The zero-order valence-corrected chi connectivity index (χ0v) is 17.4. The third-order valence-electron chi connectivity index (χ3n) is 8.97. The summed E-state index contributed by atoms with van der Waals surface area (Å²) in [6.45, 7) is 4.71. The standard InChI is InChI=1S/C25H31NO3/c1-24-9-7-17(27)12-16(24)5-6-18-20(24)8-10-25(2)21(18)13-19(23(28)29)22(25)15-4-3-11-26-14-15/h3-5,11,14,17-18,20-21,27H,6-10,12-13H2,1-2H3,(H,28,29)/t17-,18+,20-,21-,24-,25-/m0/s1. The Morgan fingerprint density at radius 1 is 1.14 bits per heavy atom. The number of fused-ring (bicyclic) bond motifs is 5. The molecule has 4 heteroatoms. The number of rotatable bonds is 2. The maximum atomic E-state index is 12.2. The van der Waals surface area contributed by atoms with Gasteiger partial charge in [-0.1, -0.05) is 31.6 Å². The van der Waals surface area contributed by atoms with Gasteiger partial charge in [0, 0.05) is 18.0 Å². The van der Waals surface area contributed by atoms with Crippen LogP contribution in [0.25, 0.3) is 5.57 Å². The molecule has 0 unspecified atom stereocenters. The molecule has 154 valence electrons. The lowest BCUT2D eigenvalue weighted by Gasteiger charge is -2.57. The van der Waals surface area contributed by atoms with Gasteiger partial charge in [-0.15, -0.1) is 0 Å². The van der Waals surface area contributed by atoms with Crippen molar-refractivity contribution in [3.63, 3.8) is 0 Å². The molecule has 0 saturated heterocycles. The predicted octanol–water partition coefficient (Wildman–Crippen LogP) is 4.85. The molecular weight excluding hydrogens is 362 g/mol. The van der Waals surface area contributed by atoms with Gasteiger partial charge in [-0.3, -0.25) is 4.98 Å². The summed E-state index contributed by atoms with van der Waals surface area (Å²) in [5, 5.41) is 20.2. The summed E-state index contributed by atoms with van der Waals surface area (Å²) >= 11 is 0. The largest absolute Gasteiger partial charge is 0.478 e. The van der Waals surface area contributed by atoms with Crippen LogP contribution in [0, 0.1) is 28.6 Å². The Bertz CT molecular complexity index is 904. The third kappa shape index (κ3) is 2.68. The van der Waals surface area contributed by atoms with E-state index in [-0.39, 0.29) is 16.9 Å². The summed E-state index contributed by atoms with van der Waals surface area (Å²) in [7, 11) is 0. The Morgan fingerprint density at radius 2 is 1.93 bits per heavy atom. The number of nitrogens with zero attached hydrogens (tertiary/aromatic N) is 1. The number of hydrogen-bond acceptors (Lipinski definition) is 3. The molecule has 4 aliphatic carbocycles. The van der Waals surface area contributed by atoms with Crippen LogP contribution in [0.5, 0.6) is 0 Å². The summed E-state index contributed by atoms with van der Waals surface area (Å²) in [5.74, 6) is 0.705. The van der Waals surface area contributed by atoms with E-state index in [2.05, 4.69) is 24.9 Å². The normalized spacial score (nSPS) is 41.3. The lowest BCUT2D eigenvalue weighted by atomic mass is 9.47. The summed E-state index contributed by atoms with van der Waals surface area (Å²) in [6.07, 6.45) is 12.4. The number of hydrogen-bond donors (Lipinski definition) is 2. The molecule has 1 heterocycles. The maximum Gasteiger partial charge on any atom is 0.331 e. The van der Waals surface area contributed by atoms with Gasteiger partial charge >= 0.3 is 5.97 Å². The molecule has 5 rings (SSSR count). The van der Waals surface area contributed by atoms with Crippen molar-refractivity contribution in [1.29, 1.82) is 0 Å². The van der Waals surface area contributed by atoms with Crippen LogP contribution in [-0.4, -0.2) is 27.3 Å². The zero-order chi connectivity index (χ0) is 20.4. The van der Waals surface area contributed by atoms with Crippen molar-refractivity contribution in [2.45, 2.75) is 64.9 Å². The quantitative estimate of drug-likeness (QED) is 0.705. The van der Waals surface area contributed by atoms with Gasteiger partial charge in [0.1, 0.15) is 0 Å². The summed E-state index contributed by atoms with van der Waals surface area (Å²) in [4.78, 5) is 16.5. The molecule has 6 atom stereocenters. The van der Waals surface area contributed by atoms with Crippen LogP contribution in [-0.2, 0) is 4.79 Å². The molecule has 29 heavy (non-hydrogen) atoms. The molecule has 0 spiro atoms. The Labute approximate surface area is 172 Å². The maximum absolute atomic E-state index is 12.2. The van der Waals surface area contributed by atoms with Gasteiger partial charge in [-0.05, 0) is 90.7 Å². The van der Waals surface area contributed by atoms with Crippen LogP contribution in [0.15, 0.2) is 41.7 Å². The smallest absolute Gasteiger partial charge is 0.331 e. The van der Waals surface area contributed by atoms with Crippen LogP contribution in [0.2, 0.25) is 0 Å². The third-order valence-corrected chi connectivity index (χ3v) is 8.97. The highest BCUT2D eigenvalue weighted by Gasteiger charge is 2.58. The van der Waals surface area contributed by atoms with Gasteiger partial charge in [0.2, 0.25) is 0 Å². The number of carboxylic acid groups (broad SMARTS) is 1. The van der Waals surface area contributed by atoms with Crippen molar-refractivity contribution in [3.8, 4) is 0 Å². The highest BCUT2D eigenvalue weighted by molar-refractivity contribution is 5.99. The Kier molecular flexibility index (Phi) is 4.29. The van der Waals surface area contributed by atoms with Gasteiger partial charge in [-0.25, -0.2) is 4.79 Å². The molecule has 2 fully saturated rings. The van der Waals surface area contributed by atoms with Crippen molar-refractivity contribution >= 4 is 11.5 Å². The van der Waals surface area contributed by atoms with Crippen LogP contribution in [0.4, 0.5) is 0 Å². The molecule has 4 nitrogen and oxygen atoms in total. The number of aromatic nitrogens is 1. The highest BCUT2D eigenvalue weighted by Crippen LogP contribution is 2.67. The van der Waals surface area contributed by atoms with Crippen molar-refractivity contribution in [2.75, 3.05) is 0 Å². The molecule has 0 radical (unpaired) electrons. The number of aliphatic hydroxyl groups excluding tert-OH is 1. The van der Waals surface area contributed by atoms with E-state index in [0.29, 0.717) is 29.7 Å². The number of aliphatic carboxylic acids is 1. The molecule has 0 bridgehead atoms. The minimum atomic E-state index is -0.768. The minimum Gasteiger partial charge on any atom is -0.478 e. The monoisotopic (exact) mass is 393 g/mol. The van der Waals surface area contributed by atoms with Crippen LogP contribution < -0.4 is 0 Å². The Hall–Kier alpha value is -1.94. The Morgan fingerprint density at radius 3 is 2.66 bits per heavy atom. The molecular formula is C25H31NO3. The lowest BCUT2D eigenvalue weighted by molar-refractivity contribution is -0.132. The topological polar surface area (TPSA) is 70.4 Å². The van der Waals surface area contributed by atoms with Gasteiger partial charge < -0.3 is 10.2 Å². The molecule has 1 aromatic rings. The van der Waals surface area contributed by atoms with E-state index in [1.165, 1.54) is 5.57 Å². The fraction of sp³-hybridized carbons (Fsp3) is 0.600. The number of pyridine rings is 1. The van der Waals surface area contributed by atoms with E-state index >= 15 is 0 Å². The predicted molar refractivity (Wildman–Crippen MR) is 112 cm³/mol. The van der Waals surface area contributed by atoms with Crippen LogP contribution in [0.3, 0.4) is 0 Å². The molecule has 0 amide bonds. The van der Waals surface area contributed by atoms with E-state index in [0.717, 1.165) is 49.7 Å². The highest BCUT2D eigenvalue weighted by atomic mass is 16.4. The molecule has 0 aromatic carbocycles. The number of carboxylic acids is 1. The SMILES string of the molecule is C[C@]12CC[C@H](O)CC1=CC[C@@H]1[C@@H]2CC[C@]2(C)C(c3cccnc3)=C(C(=O)O)C[C@@H]12. The molecule has 2 N–H and O–H groups in total. The van der Waals surface area contributed by atoms with E-state index in [1.54, 1.807) is 6.20 Å². The molecule has 1 aromatic heterocycles. The Balaban J connectivity index is 1.55. The van der Waals surface area contributed by atoms with Gasteiger partial charge in [0.05, 0.1) is 6.10 Å². The van der Waals surface area contributed by atoms with Crippen molar-refractivity contribution < 1.29 is 15.0 Å². The van der Waals surface area contributed by atoms with Crippen LogP contribution in [0.1, 0.15) is 64.4 Å². The number of allylic oxidation sites excluding steroid dienone is 2. The summed E-state index contributed by atoms with van der Waals surface area (Å²) in [5.41, 5.74) is 4.13. The fourth-order valence-electron chi connectivity index (χ4n) is 7.52. The first kappa shape index (κ1) is 19.0. The van der Waals surface area contributed by atoms with E-state index < -0.39 is 5.97 Å².